The summed E-state index contributed by atoms with van der Waals surface area (Å²) < 4.78 is 0. The SMILES string of the molecule is CC1CCCC(NC(CO)(CO)CO)C1. The van der Waals surface area contributed by atoms with E-state index in [9.17, 15) is 15.3 Å². The number of aliphatic hydroxyl groups is 3. The summed E-state index contributed by atoms with van der Waals surface area (Å²) in [5.41, 5.74) is -0.915. The third-order valence-electron chi connectivity index (χ3n) is 3.35. The van der Waals surface area contributed by atoms with Crippen molar-refractivity contribution in [1.82, 2.24) is 5.32 Å². The fraction of sp³-hybridized carbons (Fsp3) is 1.00. The molecule has 0 aromatic carbocycles. The van der Waals surface area contributed by atoms with Crippen LogP contribution in [0.2, 0.25) is 0 Å². The van der Waals surface area contributed by atoms with E-state index in [1.165, 1.54) is 12.8 Å². The number of hydrogen-bond acceptors (Lipinski definition) is 4. The van der Waals surface area contributed by atoms with Gasteiger partial charge < -0.3 is 20.6 Å². The average molecular weight is 217 g/mol. The van der Waals surface area contributed by atoms with E-state index >= 15 is 0 Å². The summed E-state index contributed by atoms with van der Waals surface area (Å²) in [5, 5.41) is 30.8. The summed E-state index contributed by atoms with van der Waals surface area (Å²) in [6.45, 7) is 1.52. The van der Waals surface area contributed by atoms with Gasteiger partial charge in [-0.1, -0.05) is 19.8 Å². The zero-order valence-electron chi connectivity index (χ0n) is 9.45. The molecule has 1 rings (SSSR count). The molecular weight excluding hydrogens is 194 g/mol. The molecule has 2 unspecified atom stereocenters. The van der Waals surface area contributed by atoms with E-state index in [1.54, 1.807) is 0 Å². The summed E-state index contributed by atoms with van der Waals surface area (Å²) in [6, 6.07) is 0.306. The minimum Gasteiger partial charge on any atom is -0.394 e. The van der Waals surface area contributed by atoms with Crippen LogP contribution in [0.15, 0.2) is 0 Å². The lowest BCUT2D eigenvalue weighted by molar-refractivity contribution is 0.0284. The maximum absolute atomic E-state index is 9.19. The third kappa shape index (κ3) is 3.41. The van der Waals surface area contributed by atoms with Crippen LogP contribution in [0, 0.1) is 5.92 Å². The summed E-state index contributed by atoms with van der Waals surface area (Å²) >= 11 is 0. The van der Waals surface area contributed by atoms with Gasteiger partial charge in [-0.2, -0.15) is 0 Å². The monoisotopic (exact) mass is 217 g/mol. The molecule has 0 heterocycles. The summed E-state index contributed by atoms with van der Waals surface area (Å²) in [7, 11) is 0. The van der Waals surface area contributed by atoms with Crippen molar-refractivity contribution in [2.24, 2.45) is 5.92 Å². The van der Waals surface area contributed by atoms with Crippen molar-refractivity contribution in [3.63, 3.8) is 0 Å². The van der Waals surface area contributed by atoms with E-state index < -0.39 is 5.54 Å². The third-order valence-corrected chi connectivity index (χ3v) is 3.35. The molecule has 0 saturated heterocycles. The zero-order valence-corrected chi connectivity index (χ0v) is 9.45. The fourth-order valence-corrected chi connectivity index (χ4v) is 2.29. The second-order valence-corrected chi connectivity index (χ2v) is 4.87. The van der Waals surface area contributed by atoms with Gasteiger partial charge in [0.2, 0.25) is 0 Å². The van der Waals surface area contributed by atoms with Crippen LogP contribution in [-0.4, -0.2) is 46.7 Å². The summed E-state index contributed by atoms with van der Waals surface area (Å²) in [6.07, 6.45) is 4.55. The molecule has 4 N–H and O–H groups in total. The molecule has 0 aromatic heterocycles. The highest BCUT2D eigenvalue weighted by Crippen LogP contribution is 2.24. The maximum Gasteiger partial charge on any atom is 0.0883 e. The van der Waals surface area contributed by atoms with Gasteiger partial charge in [-0.15, -0.1) is 0 Å². The Balaban J connectivity index is 2.49. The second kappa shape index (κ2) is 5.80. The van der Waals surface area contributed by atoms with Crippen molar-refractivity contribution in [3.8, 4) is 0 Å². The lowest BCUT2D eigenvalue weighted by atomic mass is 9.85. The van der Waals surface area contributed by atoms with Crippen molar-refractivity contribution in [3.05, 3.63) is 0 Å². The molecule has 0 radical (unpaired) electrons. The standard InChI is InChI=1S/C11H23NO3/c1-9-3-2-4-10(5-9)12-11(6-13,7-14)8-15/h9-10,12-15H,2-8H2,1H3. The number of rotatable bonds is 5. The lowest BCUT2D eigenvalue weighted by Crippen LogP contribution is -2.59. The Bertz CT molecular complexity index is 174. The van der Waals surface area contributed by atoms with Crippen LogP contribution in [0.4, 0.5) is 0 Å². The van der Waals surface area contributed by atoms with Crippen LogP contribution in [0.3, 0.4) is 0 Å². The first kappa shape index (κ1) is 12.9. The molecule has 90 valence electrons. The van der Waals surface area contributed by atoms with Crippen LogP contribution in [0.1, 0.15) is 32.6 Å². The molecule has 2 atom stereocenters. The quantitative estimate of drug-likeness (QED) is 0.518. The van der Waals surface area contributed by atoms with Crippen molar-refractivity contribution in [2.75, 3.05) is 19.8 Å². The van der Waals surface area contributed by atoms with Crippen LogP contribution in [0.25, 0.3) is 0 Å². The largest absolute Gasteiger partial charge is 0.394 e. The van der Waals surface area contributed by atoms with E-state index in [4.69, 9.17) is 0 Å². The van der Waals surface area contributed by atoms with E-state index in [0.717, 1.165) is 12.8 Å². The zero-order chi connectivity index (χ0) is 11.3. The van der Waals surface area contributed by atoms with Gasteiger partial charge in [-0.25, -0.2) is 0 Å². The van der Waals surface area contributed by atoms with Crippen LogP contribution in [0.5, 0.6) is 0 Å². The Morgan fingerprint density at radius 1 is 1.13 bits per heavy atom. The van der Waals surface area contributed by atoms with Crippen LogP contribution >= 0.6 is 0 Å². The molecule has 1 aliphatic carbocycles. The van der Waals surface area contributed by atoms with Gasteiger partial charge in [0, 0.05) is 6.04 Å². The smallest absolute Gasteiger partial charge is 0.0883 e. The molecule has 1 saturated carbocycles. The van der Waals surface area contributed by atoms with Crippen LogP contribution in [-0.2, 0) is 0 Å². The number of nitrogens with one attached hydrogen (secondary N) is 1. The van der Waals surface area contributed by atoms with Gasteiger partial charge in [0.25, 0.3) is 0 Å². The molecule has 0 spiro atoms. The Morgan fingerprint density at radius 3 is 2.20 bits per heavy atom. The summed E-state index contributed by atoms with van der Waals surface area (Å²) in [5.74, 6) is 0.685. The predicted octanol–water partition coefficient (Wildman–Crippen LogP) is -0.130. The molecule has 1 fully saturated rings. The van der Waals surface area contributed by atoms with Crippen molar-refractivity contribution in [1.29, 1.82) is 0 Å². The number of hydrogen-bond donors (Lipinski definition) is 4. The molecule has 4 heteroatoms. The molecule has 4 nitrogen and oxygen atoms in total. The molecule has 0 aromatic rings. The van der Waals surface area contributed by atoms with Crippen molar-refractivity contribution >= 4 is 0 Å². The van der Waals surface area contributed by atoms with Gasteiger partial charge in [-0.3, -0.25) is 0 Å². The topological polar surface area (TPSA) is 72.7 Å². The fourth-order valence-electron chi connectivity index (χ4n) is 2.29. The average Bonchev–Trinajstić information content (AvgIpc) is 2.26. The molecule has 0 aliphatic heterocycles. The molecule has 1 aliphatic rings. The highest BCUT2D eigenvalue weighted by atomic mass is 16.3. The summed E-state index contributed by atoms with van der Waals surface area (Å²) in [4.78, 5) is 0. The second-order valence-electron chi connectivity index (χ2n) is 4.87. The Morgan fingerprint density at radius 2 is 1.73 bits per heavy atom. The normalized spacial score (nSPS) is 28.0. The maximum atomic E-state index is 9.19. The van der Waals surface area contributed by atoms with E-state index in [0.29, 0.717) is 12.0 Å². The lowest BCUT2D eigenvalue weighted by Gasteiger charge is -2.37. The van der Waals surface area contributed by atoms with E-state index in [1.807, 2.05) is 0 Å². The Hall–Kier alpha value is -0.160. The Labute approximate surface area is 91.3 Å². The van der Waals surface area contributed by atoms with E-state index in [-0.39, 0.29) is 19.8 Å². The molecular formula is C11H23NO3. The number of aliphatic hydroxyl groups excluding tert-OH is 3. The van der Waals surface area contributed by atoms with Gasteiger partial charge in [-0.05, 0) is 18.8 Å². The predicted molar refractivity (Wildman–Crippen MR) is 58.5 cm³/mol. The van der Waals surface area contributed by atoms with Gasteiger partial charge in [0.1, 0.15) is 0 Å². The van der Waals surface area contributed by atoms with E-state index in [2.05, 4.69) is 12.2 Å². The highest BCUT2D eigenvalue weighted by Gasteiger charge is 2.32. The van der Waals surface area contributed by atoms with Crippen molar-refractivity contribution in [2.45, 2.75) is 44.2 Å². The molecule has 0 amide bonds. The first-order chi connectivity index (χ1) is 7.15. The van der Waals surface area contributed by atoms with Gasteiger partial charge in [0.05, 0.1) is 25.4 Å². The van der Waals surface area contributed by atoms with Crippen LogP contribution < -0.4 is 5.32 Å². The first-order valence-corrected chi connectivity index (χ1v) is 5.76. The van der Waals surface area contributed by atoms with Gasteiger partial charge >= 0.3 is 0 Å². The van der Waals surface area contributed by atoms with Gasteiger partial charge in [0.15, 0.2) is 0 Å². The van der Waals surface area contributed by atoms with Crippen molar-refractivity contribution < 1.29 is 15.3 Å². The highest BCUT2D eigenvalue weighted by molar-refractivity contribution is 4.91. The first-order valence-electron chi connectivity index (χ1n) is 5.76. The minimum atomic E-state index is -0.915. The minimum absolute atomic E-state index is 0.231. The molecule has 0 bridgehead atoms. The Kier molecular flexibility index (Phi) is 4.99. The molecule has 15 heavy (non-hydrogen) atoms.